The number of hydrogen-bond acceptors (Lipinski definition) is 0. The molecule has 7 rings (SSSR count). The van der Waals surface area contributed by atoms with Gasteiger partial charge in [-0.1, -0.05) is 0 Å². The predicted octanol–water partition coefficient (Wildman–Crippen LogP) is 10.0. The summed E-state index contributed by atoms with van der Waals surface area (Å²) in [5.74, 6) is 0. The Balaban J connectivity index is 0.00000300. The fourth-order valence-corrected chi connectivity index (χ4v) is 20.1. The molecule has 2 aliphatic carbocycles. The van der Waals surface area contributed by atoms with Gasteiger partial charge in [0, 0.05) is 0 Å². The minimum atomic E-state index is -2.62. The van der Waals surface area contributed by atoms with Crippen LogP contribution in [0.4, 0.5) is 0 Å². The van der Waals surface area contributed by atoms with Gasteiger partial charge in [0.15, 0.2) is 0 Å². The van der Waals surface area contributed by atoms with E-state index in [1.807, 2.05) is 0 Å². The van der Waals surface area contributed by atoms with Crippen molar-refractivity contribution in [2.24, 2.45) is 0 Å². The first kappa shape index (κ1) is 44.8. The van der Waals surface area contributed by atoms with Gasteiger partial charge in [0.05, 0.1) is 0 Å². The van der Waals surface area contributed by atoms with Crippen molar-refractivity contribution in [3.8, 4) is 22.3 Å². The zero-order valence-electron chi connectivity index (χ0n) is 37.0. The van der Waals surface area contributed by atoms with Crippen LogP contribution in [0.3, 0.4) is 0 Å². The number of hydrogen-bond donors (Lipinski definition) is 0. The van der Waals surface area contributed by atoms with E-state index >= 15 is 0 Å². The molecule has 0 bridgehead atoms. The van der Waals surface area contributed by atoms with Gasteiger partial charge in [-0.25, -0.2) is 0 Å². The predicted molar refractivity (Wildman–Crippen MR) is 235 cm³/mol. The Kier molecular flexibility index (Phi) is 12.5. The van der Waals surface area contributed by atoms with E-state index in [1.54, 1.807) is 22.3 Å². The van der Waals surface area contributed by atoms with Crippen LogP contribution in [0.1, 0.15) is 169 Å². The second-order valence-electron chi connectivity index (χ2n) is 21.3. The first-order valence-corrected chi connectivity index (χ1v) is 25.2. The third-order valence-corrected chi connectivity index (χ3v) is 23.2. The normalized spacial score (nSPS) is 18.3. The maximum absolute atomic E-state index is 2.68. The Morgan fingerprint density at radius 3 is 1.05 bits per heavy atom. The Morgan fingerprint density at radius 2 is 0.804 bits per heavy atom. The third-order valence-electron chi connectivity index (χ3n) is 13.5. The van der Waals surface area contributed by atoms with Crippen LogP contribution in [0, 0.1) is 0 Å². The van der Waals surface area contributed by atoms with Crippen LogP contribution in [0.25, 0.3) is 34.4 Å². The van der Waals surface area contributed by atoms with Crippen LogP contribution in [0.15, 0.2) is 83.9 Å². The second kappa shape index (κ2) is 15.7. The Labute approximate surface area is 357 Å². The Bertz CT molecular complexity index is 1950. The van der Waals surface area contributed by atoms with E-state index in [-0.39, 0.29) is 46.5 Å². The average molecular weight is 824 g/mol. The Morgan fingerprint density at radius 1 is 0.482 bits per heavy atom. The van der Waals surface area contributed by atoms with Crippen molar-refractivity contribution < 1.29 is 41.4 Å². The maximum atomic E-state index is 2.68. The summed E-state index contributed by atoms with van der Waals surface area (Å²) < 4.78 is 4.19. The summed E-state index contributed by atoms with van der Waals surface area (Å²) >= 11 is -2.62. The van der Waals surface area contributed by atoms with Crippen LogP contribution in [-0.4, -0.2) is 0 Å². The molecule has 2 unspecified atom stereocenters. The van der Waals surface area contributed by atoms with E-state index < -0.39 is 16.6 Å². The van der Waals surface area contributed by atoms with Crippen molar-refractivity contribution >= 4 is 12.2 Å². The number of rotatable bonds is 6. The minimum Gasteiger partial charge on any atom is -1.00 e. The van der Waals surface area contributed by atoms with E-state index in [9.17, 15) is 0 Å². The van der Waals surface area contributed by atoms with Crippen LogP contribution in [0.2, 0.25) is 9.45 Å². The molecule has 1 saturated heterocycles. The van der Waals surface area contributed by atoms with Crippen LogP contribution < -0.4 is 24.8 Å². The molecule has 2 atom stereocenters. The maximum Gasteiger partial charge on any atom is -1.00 e. The summed E-state index contributed by atoms with van der Waals surface area (Å²) in [6.07, 6.45) is 9.03. The molecule has 1 fully saturated rings. The van der Waals surface area contributed by atoms with Crippen LogP contribution >= 0.6 is 0 Å². The molecule has 4 aromatic rings. The molecule has 298 valence electrons. The molecule has 0 nitrogen and oxygen atoms in total. The number of halogens is 2. The number of benzene rings is 4. The second-order valence-corrected chi connectivity index (χ2v) is 28.5. The fourth-order valence-electron chi connectivity index (χ4n) is 10.0. The first-order valence-electron chi connectivity index (χ1n) is 21.2. The van der Waals surface area contributed by atoms with Crippen LogP contribution in [0.5, 0.6) is 0 Å². The summed E-state index contributed by atoms with van der Waals surface area (Å²) in [7, 11) is 0. The summed E-state index contributed by atoms with van der Waals surface area (Å²) in [5.41, 5.74) is 21.5. The third kappa shape index (κ3) is 7.88. The van der Waals surface area contributed by atoms with Gasteiger partial charge in [0.2, 0.25) is 0 Å². The van der Waals surface area contributed by atoms with Gasteiger partial charge >= 0.3 is 335 Å². The van der Waals surface area contributed by atoms with Crippen molar-refractivity contribution in [3.05, 3.63) is 128 Å². The molecular weight excluding hydrogens is 755 g/mol. The molecule has 3 heteroatoms. The molecule has 0 amide bonds. The van der Waals surface area contributed by atoms with Gasteiger partial charge in [-0.2, -0.15) is 0 Å². The topological polar surface area (TPSA) is 0 Å². The van der Waals surface area contributed by atoms with E-state index in [4.69, 9.17) is 0 Å². The molecule has 0 saturated carbocycles. The van der Waals surface area contributed by atoms with E-state index in [2.05, 4.69) is 182 Å². The van der Waals surface area contributed by atoms with Crippen molar-refractivity contribution in [1.29, 1.82) is 0 Å². The van der Waals surface area contributed by atoms with Gasteiger partial charge in [-0.3, -0.25) is 0 Å². The summed E-state index contributed by atoms with van der Waals surface area (Å²) in [6, 6.07) is 29.7. The average Bonchev–Trinajstić information content (AvgIpc) is 3.65. The molecule has 4 aromatic carbocycles. The van der Waals surface area contributed by atoms with Crippen molar-refractivity contribution in [3.63, 3.8) is 0 Å². The smallest absolute Gasteiger partial charge is 1.00 e. The summed E-state index contributed by atoms with van der Waals surface area (Å²) in [4.78, 5) is 0. The molecule has 0 aromatic heterocycles. The number of fused-ring (bicyclic) bond motifs is 2. The summed E-state index contributed by atoms with van der Waals surface area (Å²) in [6.45, 7) is 33.2. The zero-order chi connectivity index (χ0) is 39.2. The largest absolute Gasteiger partial charge is 1.00 e. The van der Waals surface area contributed by atoms with Gasteiger partial charge in [0.25, 0.3) is 0 Å². The van der Waals surface area contributed by atoms with Gasteiger partial charge in [-0.15, -0.1) is 0 Å². The molecule has 0 radical (unpaired) electrons. The quantitative estimate of drug-likeness (QED) is 0.170. The van der Waals surface area contributed by atoms with Crippen molar-refractivity contribution in [2.45, 2.75) is 156 Å². The molecule has 1 heterocycles. The van der Waals surface area contributed by atoms with Gasteiger partial charge in [0.1, 0.15) is 0 Å². The SMILES string of the molecule is CCC1=Cc2c(-c3cc(C(C)(C)C)cc(C(C)(C)C)c3)cccc2[CH]1[Ti+2]1([CH]2C(CC)=Cc3c(-c4cc(C(C)(C)C)cc(C(C)(C)C)c4)cccc32)[CH2]C[CH2]1.[Cl-].[Cl-]. The fraction of sp³-hybridized carbons (Fsp3) is 0.472. The molecule has 3 aliphatic rings. The zero-order valence-corrected chi connectivity index (χ0v) is 40.1. The summed E-state index contributed by atoms with van der Waals surface area (Å²) in [5, 5.41) is 0. The first-order chi connectivity index (χ1) is 25.2. The van der Waals surface area contributed by atoms with E-state index in [1.165, 1.54) is 71.5 Å². The van der Waals surface area contributed by atoms with Crippen molar-refractivity contribution in [2.75, 3.05) is 0 Å². The minimum absolute atomic E-state index is 0. The molecule has 56 heavy (non-hydrogen) atoms. The standard InChI is InChI=1S/2C25H31.C3H6.2ClH.Ti/c2*1-8-17-12-18-10-9-11-22(23(18)13-17)19-14-20(24(2,3)4)16-21(15-19)25(5,6)7;1-3-2;;;/h2*9-16H,8H2,1-7H3;1-3H2;2*1H;/q;;;;;+2/p-2. The monoisotopic (exact) mass is 822 g/mol. The van der Waals surface area contributed by atoms with E-state index in [0.717, 1.165) is 12.8 Å². The molecule has 1 aliphatic heterocycles. The van der Waals surface area contributed by atoms with Gasteiger partial charge < -0.3 is 24.8 Å². The molecular formula is C53H68Cl2Ti. The van der Waals surface area contributed by atoms with Crippen molar-refractivity contribution in [1.82, 2.24) is 0 Å². The molecule has 0 N–H and O–H groups in total. The molecule has 0 spiro atoms. The number of allylic oxidation sites excluding steroid dienone is 2. The van der Waals surface area contributed by atoms with E-state index in [0.29, 0.717) is 8.45 Å². The Hall–Kier alpha value is -2.35. The van der Waals surface area contributed by atoms with Gasteiger partial charge in [-0.05, 0) is 0 Å². The van der Waals surface area contributed by atoms with Crippen LogP contribution in [-0.2, 0) is 38.2 Å².